The summed E-state index contributed by atoms with van der Waals surface area (Å²) in [6.07, 6.45) is 2.52. The standard InChI is InChI=1S/C12H15ClSSe/c1-2-3-9-14-10-12(13)15-11-7-5-4-6-8-11/h4-8,10H,2-3,9H2,1H3/b12-10-. The summed E-state index contributed by atoms with van der Waals surface area (Å²) in [6.45, 7) is 2.21. The molecule has 15 heavy (non-hydrogen) atoms. The maximum atomic E-state index is 6.16. The molecular weight excluding hydrogens is 291 g/mol. The number of thioether (sulfide) groups is 1. The van der Waals surface area contributed by atoms with E-state index >= 15 is 0 Å². The molecule has 0 heterocycles. The zero-order chi connectivity index (χ0) is 10.9. The van der Waals surface area contributed by atoms with Gasteiger partial charge in [-0.25, -0.2) is 0 Å². The molecule has 1 aromatic carbocycles. The summed E-state index contributed by atoms with van der Waals surface area (Å²) in [5, 5.41) is 2.10. The van der Waals surface area contributed by atoms with E-state index in [2.05, 4.69) is 36.6 Å². The Hall–Kier alpha value is 0.119. The van der Waals surface area contributed by atoms with Crippen LogP contribution in [-0.4, -0.2) is 20.7 Å². The second kappa shape index (κ2) is 8.29. The molecule has 0 nitrogen and oxygen atoms in total. The molecule has 0 aromatic heterocycles. The topological polar surface area (TPSA) is 0 Å². The first-order chi connectivity index (χ1) is 7.33. The van der Waals surface area contributed by atoms with Crippen LogP contribution < -0.4 is 4.46 Å². The molecular formula is C12H15ClSSe. The Kier molecular flexibility index (Phi) is 7.29. The summed E-state index contributed by atoms with van der Waals surface area (Å²) >= 11 is 8.27. The molecule has 0 aliphatic rings. The number of halogens is 1. The van der Waals surface area contributed by atoms with Gasteiger partial charge in [0.2, 0.25) is 0 Å². The van der Waals surface area contributed by atoms with Gasteiger partial charge in [0.15, 0.2) is 0 Å². The Balaban J connectivity index is 2.32. The van der Waals surface area contributed by atoms with Gasteiger partial charge in [0.05, 0.1) is 0 Å². The van der Waals surface area contributed by atoms with Crippen molar-refractivity contribution in [3.05, 3.63) is 39.7 Å². The van der Waals surface area contributed by atoms with Gasteiger partial charge in [-0.15, -0.1) is 0 Å². The summed E-state index contributed by atoms with van der Waals surface area (Å²) in [5.41, 5.74) is 0. The van der Waals surface area contributed by atoms with Gasteiger partial charge >= 0.3 is 108 Å². The van der Waals surface area contributed by atoms with E-state index < -0.39 is 0 Å². The second-order valence-corrected chi connectivity index (χ2v) is 7.29. The van der Waals surface area contributed by atoms with Crippen LogP contribution in [0.1, 0.15) is 19.8 Å². The summed E-state index contributed by atoms with van der Waals surface area (Å²) in [5.74, 6) is 1.18. The first-order valence-electron chi connectivity index (χ1n) is 5.03. The van der Waals surface area contributed by atoms with Gasteiger partial charge < -0.3 is 0 Å². The summed E-state index contributed by atoms with van der Waals surface area (Å²) in [6, 6.07) is 10.4. The van der Waals surface area contributed by atoms with Gasteiger partial charge in [-0.1, -0.05) is 0 Å². The van der Waals surface area contributed by atoms with Gasteiger partial charge in [0, 0.05) is 0 Å². The van der Waals surface area contributed by atoms with Crippen LogP contribution in [0.15, 0.2) is 39.7 Å². The van der Waals surface area contributed by atoms with Crippen LogP contribution in [0.25, 0.3) is 0 Å². The molecule has 0 atom stereocenters. The van der Waals surface area contributed by atoms with E-state index in [4.69, 9.17) is 11.6 Å². The Bertz CT molecular complexity index is 298. The van der Waals surface area contributed by atoms with Crippen molar-refractivity contribution < 1.29 is 0 Å². The molecule has 0 aliphatic carbocycles. The van der Waals surface area contributed by atoms with Crippen molar-refractivity contribution in [1.29, 1.82) is 0 Å². The molecule has 0 spiro atoms. The molecule has 3 heteroatoms. The summed E-state index contributed by atoms with van der Waals surface area (Å²) in [4.78, 5) is 0. The van der Waals surface area contributed by atoms with Gasteiger partial charge in [-0.05, 0) is 0 Å². The molecule has 82 valence electrons. The molecule has 0 bridgehead atoms. The molecule has 0 amide bonds. The van der Waals surface area contributed by atoms with E-state index in [9.17, 15) is 0 Å². The third kappa shape index (κ3) is 6.32. The van der Waals surface area contributed by atoms with Crippen LogP contribution in [0.2, 0.25) is 0 Å². The number of hydrogen-bond acceptors (Lipinski definition) is 1. The molecule has 0 radical (unpaired) electrons. The van der Waals surface area contributed by atoms with Crippen LogP contribution in [0.4, 0.5) is 0 Å². The minimum atomic E-state index is 0.280. The number of benzene rings is 1. The van der Waals surface area contributed by atoms with E-state index in [1.54, 1.807) is 0 Å². The minimum absolute atomic E-state index is 0.280. The van der Waals surface area contributed by atoms with E-state index in [0.717, 1.165) is 3.93 Å². The molecule has 0 saturated carbocycles. The Morgan fingerprint density at radius 2 is 2.13 bits per heavy atom. The maximum absolute atomic E-state index is 6.16. The molecule has 0 unspecified atom stereocenters. The normalized spacial score (nSPS) is 11.7. The molecule has 0 aliphatic heterocycles. The van der Waals surface area contributed by atoms with E-state index in [1.807, 2.05) is 17.8 Å². The zero-order valence-corrected chi connectivity index (χ0v) is 12.1. The van der Waals surface area contributed by atoms with Crippen molar-refractivity contribution in [2.45, 2.75) is 19.8 Å². The van der Waals surface area contributed by atoms with Crippen molar-refractivity contribution in [1.82, 2.24) is 0 Å². The average molecular weight is 306 g/mol. The first-order valence-corrected chi connectivity index (χ1v) is 8.17. The van der Waals surface area contributed by atoms with Crippen molar-refractivity contribution in [2.75, 3.05) is 5.75 Å². The van der Waals surface area contributed by atoms with Gasteiger partial charge in [-0.3, -0.25) is 0 Å². The third-order valence-electron chi connectivity index (χ3n) is 1.75. The molecule has 0 saturated heterocycles. The number of rotatable bonds is 6. The monoisotopic (exact) mass is 306 g/mol. The van der Waals surface area contributed by atoms with Gasteiger partial charge in [-0.2, -0.15) is 0 Å². The number of unbranched alkanes of at least 4 members (excludes halogenated alkanes) is 1. The van der Waals surface area contributed by atoms with Crippen LogP contribution >= 0.6 is 23.4 Å². The molecule has 0 fully saturated rings. The predicted molar refractivity (Wildman–Crippen MR) is 73.1 cm³/mol. The van der Waals surface area contributed by atoms with Crippen molar-refractivity contribution >= 4 is 42.8 Å². The zero-order valence-electron chi connectivity index (χ0n) is 8.78. The fourth-order valence-corrected chi connectivity index (χ4v) is 4.20. The van der Waals surface area contributed by atoms with Crippen molar-refractivity contribution in [2.24, 2.45) is 0 Å². The Labute approximate surface area is 108 Å². The SMILES string of the molecule is CCCCS/C=C(/Cl)[Se]c1ccccc1. The van der Waals surface area contributed by atoms with E-state index in [0.29, 0.717) is 0 Å². The second-order valence-electron chi connectivity index (χ2n) is 3.06. The van der Waals surface area contributed by atoms with Crippen LogP contribution in [-0.2, 0) is 0 Å². The van der Waals surface area contributed by atoms with Crippen LogP contribution in [0.3, 0.4) is 0 Å². The quantitative estimate of drug-likeness (QED) is 0.572. The summed E-state index contributed by atoms with van der Waals surface area (Å²) < 4.78 is 2.33. The molecule has 1 aromatic rings. The van der Waals surface area contributed by atoms with Gasteiger partial charge in [0.25, 0.3) is 0 Å². The fraction of sp³-hybridized carbons (Fsp3) is 0.333. The third-order valence-corrected chi connectivity index (χ3v) is 5.38. The Morgan fingerprint density at radius 1 is 1.40 bits per heavy atom. The Morgan fingerprint density at radius 3 is 2.80 bits per heavy atom. The van der Waals surface area contributed by atoms with Crippen molar-refractivity contribution in [3.8, 4) is 0 Å². The van der Waals surface area contributed by atoms with Gasteiger partial charge in [0.1, 0.15) is 0 Å². The van der Waals surface area contributed by atoms with Crippen LogP contribution in [0, 0.1) is 0 Å². The van der Waals surface area contributed by atoms with E-state index in [-0.39, 0.29) is 15.0 Å². The first kappa shape index (κ1) is 13.2. The molecule has 0 N–H and O–H groups in total. The van der Waals surface area contributed by atoms with Crippen molar-refractivity contribution in [3.63, 3.8) is 0 Å². The molecule has 1 rings (SSSR count). The van der Waals surface area contributed by atoms with Crippen LogP contribution in [0.5, 0.6) is 0 Å². The van der Waals surface area contributed by atoms with E-state index in [1.165, 1.54) is 23.1 Å². The average Bonchev–Trinajstić information content (AvgIpc) is 2.26. The fourth-order valence-electron chi connectivity index (χ4n) is 0.977. The summed E-state index contributed by atoms with van der Waals surface area (Å²) in [7, 11) is 0. The number of hydrogen-bond donors (Lipinski definition) is 0. The predicted octanol–water partition coefficient (Wildman–Crippen LogP) is 3.59.